The van der Waals surface area contributed by atoms with Crippen LogP contribution in [0.15, 0.2) is 0 Å². The molecule has 0 saturated heterocycles. The van der Waals surface area contributed by atoms with Crippen LogP contribution in [0.3, 0.4) is 0 Å². The first-order valence-electron chi connectivity index (χ1n) is 5.02. The van der Waals surface area contributed by atoms with Gasteiger partial charge in [-0.2, -0.15) is 0 Å². The van der Waals surface area contributed by atoms with Gasteiger partial charge in [-0.05, 0) is 42.4 Å². The van der Waals surface area contributed by atoms with E-state index >= 15 is 0 Å². The van der Waals surface area contributed by atoms with Crippen LogP contribution in [0.25, 0.3) is 0 Å². The zero-order valence-electron chi connectivity index (χ0n) is 8.11. The molecule has 0 radical (unpaired) electrons. The van der Waals surface area contributed by atoms with E-state index in [1.807, 2.05) is 0 Å². The average molecular weight is 152 g/mol. The van der Waals surface area contributed by atoms with E-state index in [4.69, 9.17) is 0 Å². The van der Waals surface area contributed by atoms with Crippen LogP contribution in [0.4, 0.5) is 0 Å². The third-order valence-electron chi connectivity index (χ3n) is 4.02. The van der Waals surface area contributed by atoms with Crippen LogP contribution in [-0.4, -0.2) is 0 Å². The van der Waals surface area contributed by atoms with Crippen molar-refractivity contribution in [3.63, 3.8) is 0 Å². The van der Waals surface area contributed by atoms with Crippen LogP contribution in [-0.2, 0) is 0 Å². The fourth-order valence-corrected chi connectivity index (χ4v) is 2.50. The van der Waals surface area contributed by atoms with Gasteiger partial charge in [-0.15, -0.1) is 0 Å². The van der Waals surface area contributed by atoms with Gasteiger partial charge >= 0.3 is 0 Å². The monoisotopic (exact) mass is 152 g/mol. The zero-order valence-corrected chi connectivity index (χ0v) is 8.11. The highest BCUT2D eigenvalue weighted by atomic mass is 14.5. The highest BCUT2D eigenvalue weighted by Gasteiger charge is 2.49. The normalized spacial score (nSPS) is 37.9. The minimum atomic E-state index is 0.707. The Kier molecular flexibility index (Phi) is 1.41. The van der Waals surface area contributed by atoms with E-state index in [2.05, 4.69) is 20.8 Å². The molecule has 64 valence electrons. The number of hydrogen-bond donors (Lipinski definition) is 0. The maximum atomic E-state index is 2.48. The summed E-state index contributed by atoms with van der Waals surface area (Å²) in [7, 11) is 0. The molecular weight excluding hydrogens is 132 g/mol. The first kappa shape index (κ1) is 7.64. The third kappa shape index (κ3) is 1.32. The predicted molar refractivity (Wildman–Crippen MR) is 48.5 cm³/mol. The van der Waals surface area contributed by atoms with Crippen molar-refractivity contribution in [1.82, 2.24) is 0 Å². The molecule has 0 heteroatoms. The fraction of sp³-hybridized carbons (Fsp3) is 1.00. The molecule has 0 aromatic carbocycles. The minimum absolute atomic E-state index is 0.707. The lowest BCUT2D eigenvalue weighted by atomic mass is 9.67. The molecule has 2 saturated carbocycles. The van der Waals surface area contributed by atoms with Gasteiger partial charge < -0.3 is 0 Å². The maximum absolute atomic E-state index is 2.48. The van der Waals surface area contributed by atoms with Gasteiger partial charge in [0.1, 0.15) is 0 Å². The summed E-state index contributed by atoms with van der Waals surface area (Å²) in [4.78, 5) is 0. The van der Waals surface area contributed by atoms with Gasteiger partial charge in [0.2, 0.25) is 0 Å². The first-order valence-corrected chi connectivity index (χ1v) is 5.02. The van der Waals surface area contributed by atoms with Crippen LogP contribution in [0.2, 0.25) is 0 Å². The summed E-state index contributed by atoms with van der Waals surface area (Å²) in [6.07, 6.45) is 7.49. The SMILES string of the molecule is CC1(CC2CC2(C)C)CCC1. The van der Waals surface area contributed by atoms with E-state index in [9.17, 15) is 0 Å². The van der Waals surface area contributed by atoms with Crippen LogP contribution in [0.1, 0.15) is 52.9 Å². The molecule has 0 aromatic heterocycles. The van der Waals surface area contributed by atoms with E-state index in [1.54, 1.807) is 0 Å². The Morgan fingerprint density at radius 2 is 1.73 bits per heavy atom. The molecule has 1 atom stereocenters. The fourth-order valence-electron chi connectivity index (χ4n) is 2.50. The Labute approximate surface area is 70.4 Å². The van der Waals surface area contributed by atoms with E-state index < -0.39 is 0 Å². The molecular formula is C11H20. The van der Waals surface area contributed by atoms with Gasteiger partial charge in [-0.25, -0.2) is 0 Å². The van der Waals surface area contributed by atoms with Crippen molar-refractivity contribution in [3.05, 3.63) is 0 Å². The largest absolute Gasteiger partial charge is 0.0596 e. The van der Waals surface area contributed by atoms with E-state index in [-0.39, 0.29) is 0 Å². The Hall–Kier alpha value is 0. The molecule has 2 fully saturated rings. The second-order valence-electron chi connectivity index (χ2n) is 5.76. The van der Waals surface area contributed by atoms with Gasteiger partial charge in [0.25, 0.3) is 0 Å². The lowest BCUT2D eigenvalue weighted by molar-refractivity contribution is 0.130. The second-order valence-corrected chi connectivity index (χ2v) is 5.76. The quantitative estimate of drug-likeness (QED) is 0.567. The van der Waals surface area contributed by atoms with E-state index in [1.165, 1.54) is 32.1 Å². The predicted octanol–water partition coefficient (Wildman–Crippen LogP) is 3.61. The van der Waals surface area contributed by atoms with Crippen molar-refractivity contribution in [2.75, 3.05) is 0 Å². The molecule has 0 N–H and O–H groups in total. The Balaban J connectivity index is 1.83. The van der Waals surface area contributed by atoms with Crippen LogP contribution in [0, 0.1) is 16.7 Å². The van der Waals surface area contributed by atoms with Crippen LogP contribution in [0.5, 0.6) is 0 Å². The maximum Gasteiger partial charge on any atom is -0.0323 e. The average Bonchev–Trinajstić information content (AvgIpc) is 2.36. The van der Waals surface area contributed by atoms with Gasteiger partial charge in [-0.3, -0.25) is 0 Å². The van der Waals surface area contributed by atoms with Crippen molar-refractivity contribution in [2.45, 2.75) is 52.9 Å². The topological polar surface area (TPSA) is 0 Å². The molecule has 11 heavy (non-hydrogen) atoms. The van der Waals surface area contributed by atoms with Crippen molar-refractivity contribution in [3.8, 4) is 0 Å². The van der Waals surface area contributed by atoms with Crippen LogP contribution < -0.4 is 0 Å². The molecule has 1 unspecified atom stereocenters. The van der Waals surface area contributed by atoms with Crippen molar-refractivity contribution in [1.29, 1.82) is 0 Å². The van der Waals surface area contributed by atoms with Gasteiger partial charge in [0.15, 0.2) is 0 Å². The van der Waals surface area contributed by atoms with Gasteiger partial charge in [0.05, 0.1) is 0 Å². The Morgan fingerprint density at radius 1 is 1.18 bits per heavy atom. The molecule has 2 aliphatic carbocycles. The summed E-state index contributed by atoms with van der Waals surface area (Å²) < 4.78 is 0. The molecule has 0 nitrogen and oxygen atoms in total. The molecule has 2 rings (SSSR count). The zero-order chi connectivity index (χ0) is 8.11. The van der Waals surface area contributed by atoms with Crippen molar-refractivity contribution < 1.29 is 0 Å². The highest BCUT2D eigenvalue weighted by molar-refractivity contribution is 4.99. The van der Waals surface area contributed by atoms with E-state index in [0.717, 1.165) is 11.3 Å². The summed E-state index contributed by atoms with van der Waals surface area (Å²) in [6, 6.07) is 0. The lowest BCUT2D eigenvalue weighted by Crippen LogP contribution is -2.26. The first-order chi connectivity index (χ1) is 5.02. The number of hydrogen-bond acceptors (Lipinski definition) is 0. The lowest BCUT2D eigenvalue weighted by Gasteiger charge is -2.39. The third-order valence-corrected chi connectivity index (χ3v) is 4.02. The molecule has 0 bridgehead atoms. The Bertz CT molecular complexity index is 163. The standard InChI is InChI=1S/C11H20/c1-10(2)7-9(10)8-11(3)5-4-6-11/h9H,4-8H2,1-3H3. The summed E-state index contributed by atoms with van der Waals surface area (Å²) in [6.45, 7) is 7.31. The van der Waals surface area contributed by atoms with Crippen LogP contribution >= 0.6 is 0 Å². The van der Waals surface area contributed by atoms with E-state index in [0.29, 0.717) is 5.41 Å². The highest BCUT2D eigenvalue weighted by Crippen LogP contribution is 2.59. The molecule has 2 aliphatic rings. The Morgan fingerprint density at radius 3 is 2.00 bits per heavy atom. The molecule has 0 heterocycles. The minimum Gasteiger partial charge on any atom is -0.0596 e. The van der Waals surface area contributed by atoms with Crippen molar-refractivity contribution >= 4 is 0 Å². The summed E-state index contributed by atoms with van der Waals surface area (Å²) in [5, 5.41) is 0. The number of rotatable bonds is 2. The van der Waals surface area contributed by atoms with Gasteiger partial charge in [0, 0.05) is 0 Å². The van der Waals surface area contributed by atoms with Gasteiger partial charge in [-0.1, -0.05) is 27.2 Å². The van der Waals surface area contributed by atoms with Crippen molar-refractivity contribution in [2.24, 2.45) is 16.7 Å². The summed E-state index contributed by atoms with van der Waals surface area (Å²) >= 11 is 0. The molecule has 0 spiro atoms. The molecule has 0 aliphatic heterocycles. The summed E-state index contributed by atoms with van der Waals surface area (Å²) in [5.41, 5.74) is 1.47. The molecule has 0 amide bonds. The summed E-state index contributed by atoms with van der Waals surface area (Å²) in [5.74, 6) is 1.06. The molecule has 0 aromatic rings. The second kappa shape index (κ2) is 2.02. The smallest absolute Gasteiger partial charge is 0.0323 e.